The highest BCUT2D eigenvalue weighted by atomic mass is 35.5. The van der Waals surface area contributed by atoms with Crippen molar-refractivity contribution in [2.24, 2.45) is 0 Å². The monoisotopic (exact) mass is 294 g/mol. The van der Waals surface area contributed by atoms with Gasteiger partial charge in [0, 0.05) is 17.1 Å². The summed E-state index contributed by atoms with van der Waals surface area (Å²) in [6, 6.07) is 13.5. The van der Waals surface area contributed by atoms with Crippen LogP contribution in [0, 0.1) is 0 Å². The normalized spacial score (nSPS) is 12.2. The molecular formula is C15H16Cl2N2. The zero-order chi connectivity index (χ0) is 14.0. The van der Waals surface area contributed by atoms with Crippen molar-refractivity contribution in [3.8, 4) is 0 Å². The van der Waals surface area contributed by atoms with Crippen molar-refractivity contribution >= 4 is 34.6 Å². The summed E-state index contributed by atoms with van der Waals surface area (Å²) in [4.78, 5) is 2.11. The highest BCUT2D eigenvalue weighted by Crippen LogP contribution is 2.32. The Morgan fingerprint density at radius 2 is 1.74 bits per heavy atom. The van der Waals surface area contributed by atoms with Crippen LogP contribution in [0.15, 0.2) is 42.5 Å². The minimum absolute atomic E-state index is 0.169. The van der Waals surface area contributed by atoms with E-state index in [0.29, 0.717) is 10.7 Å². The summed E-state index contributed by atoms with van der Waals surface area (Å²) in [6.07, 6.45) is 0. The number of nitrogens with zero attached hydrogens (tertiary/aromatic N) is 1. The number of halogens is 2. The van der Waals surface area contributed by atoms with Gasteiger partial charge in [0.2, 0.25) is 0 Å². The summed E-state index contributed by atoms with van der Waals surface area (Å²) in [5.74, 6) is 0. The lowest BCUT2D eigenvalue weighted by molar-refractivity contribution is 0.741. The van der Waals surface area contributed by atoms with Gasteiger partial charge in [-0.1, -0.05) is 35.3 Å². The summed E-state index contributed by atoms with van der Waals surface area (Å²) < 4.78 is 0. The van der Waals surface area contributed by atoms with Crippen LogP contribution in [0.2, 0.25) is 10.0 Å². The Labute approximate surface area is 123 Å². The first-order valence-corrected chi connectivity index (χ1v) is 6.78. The molecule has 19 heavy (non-hydrogen) atoms. The van der Waals surface area contributed by atoms with E-state index < -0.39 is 0 Å². The molecule has 2 nitrogen and oxygen atoms in total. The molecule has 0 radical (unpaired) electrons. The summed E-state index contributed by atoms with van der Waals surface area (Å²) in [6.45, 7) is 2.11. The Balaban J connectivity index is 2.30. The maximum absolute atomic E-state index is 6.03. The van der Waals surface area contributed by atoms with E-state index in [4.69, 9.17) is 28.9 Å². The van der Waals surface area contributed by atoms with E-state index >= 15 is 0 Å². The second-order valence-corrected chi connectivity index (χ2v) is 5.42. The maximum atomic E-state index is 6.03. The van der Waals surface area contributed by atoms with Crippen LogP contribution >= 0.6 is 23.2 Å². The molecule has 0 saturated heterocycles. The van der Waals surface area contributed by atoms with E-state index in [1.54, 1.807) is 6.07 Å². The average Bonchev–Trinajstić information content (AvgIpc) is 2.37. The van der Waals surface area contributed by atoms with Crippen molar-refractivity contribution in [3.63, 3.8) is 0 Å². The Kier molecular flexibility index (Phi) is 4.23. The van der Waals surface area contributed by atoms with E-state index in [2.05, 4.69) is 17.9 Å². The molecule has 100 valence electrons. The molecular weight excluding hydrogens is 279 g/mol. The Bertz CT molecular complexity index is 584. The molecule has 1 atom stereocenters. The van der Waals surface area contributed by atoms with E-state index in [-0.39, 0.29) is 6.04 Å². The largest absolute Gasteiger partial charge is 0.397 e. The summed E-state index contributed by atoms with van der Waals surface area (Å²) in [5, 5.41) is 1.38. The Hall–Kier alpha value is -1.38. The number of nitrogens with two attached hydrogens (primary N) is 1. The fourth-order valence-electron chi connectivity index (χ4n) is 2.05. The molecule has 2 rings (SSSR count). The van der Waals surface area contributed by atoms with E-state index in [9.17, 15) is 0 Å². The van der Waals surface area contributed by atoms with Gasteiger partial charge in [-0.25, -0.2) is 0 Å². The van der Waals surface area contributed by atoms with Crippen molar-refractivity contribution in [2.45, 2.75) is 13.0 Å². The van der Waals surface area contributed by atoms with Crippen LogP contribution < -0.4 is 10.6 Å². The SMILES string of the molecule is CC(c1cccc(Cl)c1)N(C)c1ccc(Cl)cc1N. The molecule has 0 fully saturated rings. The molecule has 0 aliphatic rings. The van der Waals surface area contributed by atoms with Gasteiger partial charge in [-0.05, 0) is 42.8 Å². The number of nitrogen functional groups attached to an aromatic ring is 1. The van der Waals surface area contributed by atoms with E-state index in [0.717, 1.165) is 16.3 Å². The molecule has 2 aromatic carbocycles. The summed E-state index contributed by atoms with van der Waals surface area (Å²) in [5.41, 5.74) is 8.78. The third kappa shape index (κ3) is 3.14. The van der Waals surface area contributed by atoms with Crippen LogP contribution in [-0.4, -0.2) is 7.05 Å². The molecule has 0 aliphatic heterocycles. The maximum Gasteiger partial charge on any atom is 0.0603 e. The van der Waals surface area contributed by atoms with Gasteiger partial charge in [0.15, 0.2) is 0 Å². The number of rotatable bonds is 3. The first-order chi connectivity index (χ1) is 8.99. The second-order valence-electron chi connectivity index (χ2n) is 4.55. The van der Waals surface area contributed by atoms with Crippen LogP contribution in [0.4, 0.5) is 11.4 Å². The lowest BCUT2D eigenvalue weighted by Gasteiger charge is -2.28. The van der Waals surface area contributed by atoms with Crippen LogP contribution in [0.5, 0.6) is 0 Å². The van der Waals surface area contributed by atoms with Crippen molar-refractivity contribution in [3.05, 3.63) is 58.1 Å². The third-order valence-electron chi connectivity index (χ3n) is 3.28. The standard InChI is InChI=1S/C15H16Cl2N2/c1-10(11-4-3-5-12(16)8-11)19(2)15-7-6-13(17)9-14(15)18/h3-10H,18H2,1-2H3. The van der Waals surface area contributed by atoms with Gasteiger partial charge < -0.3 is 10.6 Å². The number of hydrogen-bond donors (Lipinski definition) is 1. The molecule has 0 amide bonds. The van der Waals surface area contributed by atoms with Crippen LogP contribution in [0.3, 0.4) is 0 Å². The molecule has 1 unspecified atom stereocenters. The molecule has 4 heteroatoms. The summed E-state index contributed by atoms with van der Waals surface area (Å²) >= 11 is 12.0. The molecule has 0 spiro atoms. The predicted molar refractivity (Wildman–Crippen MR) is 84.1 cm³/mol. The molecule has 0 heterocycles. The highest BCUT2D eigenvalue weighted by Gasteiger charge is 2.14. The van der Waals surface area contributed by atoms with Gasteiger partial charge >= 0.3 is 0 Å². The molecule has 0 bridgehead atoms. The molecule has 2 aromatic rings. The quantitative estimate of drug-likeness (QED) is 0.826. The second kappa shape index (κ2) is 5.72. The van der Waals surface area contributed by atoms with Gasteiger partial charge in [0.1, 0.15) is 0 Å². The summed E-state index contributed by atoms with van der Waals surface area (Å²) in [7, 11) is 2.01. The molecule has 0 saturated carbocycles. The third-order valence-corrected chi connectivity index (χ3v) is 3.75. The first-order valence-electron chi connectivity index (χ1n) is 6.02. The van der Waals surface area contributed by atoms with Crippen molar-refractivity contribution in [2.75, 3.05) is 17.7 Å². The fraction of sp³-hybridized carbons (Fsp3) is 0.200. The molecule has 0 aromatic heterocycles. The van der Waals surface area contributed by atoms with Gasteiger partial charge in [-0.2, -0.15) is 0 Å². The van der Waals surface area contributed by atoms with E-state index in [1.165, 1.54) is 0 Å². The van der Waals surface area contributed by atoms with Gasteiger partial charge in [0.25, 0.3) is 0 Å². The zero-order valence-corrected chi connectivity index (χ0v) is 12.4. The zero-order valence-electron chi connectivity index (χ0n) is 10.9. The number of anilines is 2. The van der Waals surface area contributed by atoms with Crippen molar-refractivity contribution in [1.82, 2.24) is 0 Å². The number of benzene rings is 2. The molecule has 0 aliphatic carbocycles. The van der Waals surface area contributed by atoms with Crippen LogP contribution in [-0.2, 0) is 0 Å². The lowest BCUT2D eigenvalue weighted by Crippen LogP contribution is -2.22. The predicted octanol–water partition coefficient (Wildman–Crippen LogP) is 4.77. The van der Waals surface area contributed by atoms with Crippen LogP contribution in [0.25, 0.3) is 0 Å². The average molecular weight is 295 g/mol. The highest BCUT2D eigenvalue weighted by molar-refractivity contribution is 6.31. The van der Waals surface area contributed by atoms with Crippen molar-refractivity contribution in [1.29, 1.82) is 0 Å². The van der Waals surface area contributed by atoms with Gasteiger partial charge in [-0.3, -0.25) is 0 Å². The fourth-order valence-corrected chi connectivity index (χ4v) is 2.42. The Morgan fingerprint density at radius 3 is 2.37 bits per heavy atom. The molecule has 2 N–H and O–H groups in total. The first kappa shape index (κ1) is 14.0. The minimum Gasteiger partial charge on any atom is -0.397 e. The van der Waals surface area contributed by atoms with Crippen LogP contribution in [0.1, 0.15) is 18.5 Å². The van der Waals surface area contributed by atoms with Gasteiger partial charge in [-0.15, -0.1) is 0 Å². The Morgan fingerprint density at radius 1 is 1.05 bits per heavy atom. The van der Waals surface area contributed by atoms with E-state index in [1.807, 2.05) is 37.4 Å². The van der Waals surface area contributed by atoms with Crippen molar-refractivity contribution < 1.29 is 0 Å². The lowest BCUT2D eigenvalue weighted by atomic mass is 10.1. The minimum atomic E-state index is 0.169. The van der Waals surface area contributed by atoms with Gasteiger partial charge in [0.05, 0.1) is 17.4 Å². The smallest absolute Gasteiger partial charge is 0.0603 e. The number of hydrogen-bond acceptors (Lipinski definition) is 2. The topological polar surface area (TPSA) is 29.3 Å².